The van der Waals surface area contributed by atoms with E-state index in [1.165, 1.54) is 18.3 Å². The molecular formula is C13H23BO2. The summed E-state index contributed by atoms with van der Waals surface area (Å²) in [5.41, 5.74) is 0.927. The van der Waals surface area contributed by atoms with Gasteiger partial charge in [-0.1, -0.05) is 13.0 Å². The highest BCUT2D eigenvalue weighted by Gasteiger charge is 2.52. The van der Waals surface area contributed by atoms with Crippen LogP contribution in [0.2, 0.25) is 0 Å². The van der Waals surface area contributed by atoms with Gasteiger partial charge in [0.15, 0.2) is 0 Å². The van der Waals surface area contributed by atoms with Gasteiger partial charge in [0.05, 0.1) is 11.2 Å². The van der Waals surface area contributed by atoms with Gasteiger partial charge in [-0.3, -0.25) is 0 Å². The Morgan fingerprint density at radius 2 is 1.75 bits per heavy atom. The Kier molecular flexibility index (Phi) is 2.96. The third-order valence-electron chi connectivity index (χ3n) is 4.18. The van der Waals surface area contributed by atoms with Crippen molar-refractivity contribution in [1.29, 1.82) is 0 Å². The first-order chi connectivity index (χ1) is 7.32. The summed E-state index contributed by atoms with van der Waals surface area (Å²) in [7, 11) is -0.118. The molecular weight excluding hydrogens is 199 g/mol. The van der Waals surface area contributed by atoms with Crippen LogP contribution in [-0.2, 0) is 9.31 Å². The van der Waals surface area contributed by atoms with Crippen LogP contribution in [0.5, 0.6) is 0 Å². The van der Waals surface area contributed by atoms with Crippen LogP contribution in [-0.4, -0.2) is 18.3 Å². The van der Waals surface area contributed by atoms with Gasteiger partial charge in [-0.25, -0.2) is 0 Å². The van der Waals surface area contributed by atoms with Crippen LogP contribution in [0.1, 0.15) is 53.9 Å². The van der Waals surface area contributed by atoms with Crippen molar-refractivity contribution in [3.05, 3.63) is 11.5 Å². The van der Waals surface area contributed by atoms with E-state index in [9.17, 15) is 0 Å². The second-order valence-electron chi connectivity index (χ2n) is 6.20. The molecule has 1 fully saturated rings. The zero-order valence-electron chi connectivity index (χ0n) is 11.2. The van der Waals surface area contributed by atoms with Crippen LogP contribution in [0.3, 0.4) is 0 Å². The molecule has 0 aromatic rings. The average Bonchev–Trinajstić information content (AvgIpc) is 2.36. The van der Waals surface area contributed by atoms with Gasteiger partial charge in [0.25, 0.3) is 0 Å². The Bertz CT molecular complexity index is 291. The molecule has 16 heavy (non-hydrogen) atoms. The molecule has 0 bridgehead atoms. The van der Waals surface area contributed by atoms with E-state index in [0.29, 0.717) is 5.92 Å². The third-order valence-corrected chi connectivity index (χ3v) is 4.18. The highest BCUT2D eigenvalue weighted by Crippen LogP contribution is 2.40. The molecule has 0 radical (unpaired) electrons. The van der Waals surface area contributed by atoms with E-state index in [4.69, 9.17) is 9.31 Å². The van der Waals surface area contributed by atoms with E-state index < -0.39 is 0 Å². The Balaban J connectivity index is 2.14. The van der Waals surface area contributed by atoms with Crippen LogP contribution in [0.4, 0.5) is 0 Å². The van der Waals surface area contributed by atoms with Crippen molar-refractivity contribution in [2.75, 3.05) is 0 Å². The van der Waals surface area contributed by atoms with Crippen molar-refractivity contribution in [3.63, 3.8) is 0 Å². The predicted octanol–water partition coefficient (Wildman–Crippen LogP) is 3.36. The minimum Gasteiger partial charge on any atom is -0.400 e. The van der Waals surface area contributed by atoms with Crippen molar-refractivity contribution < 1.29 is 9.31 Å². The van der Waals surface area contributed by atoms with Crippen LogP contribution in [0, 0.1) is 5.92 Å². The van der Waals surface area contributed by atoms with E-state index in [-0.39, 0.29) is 18.3 Å². The Hall–Kier alpha value is -0.275. The number of allylic oxidation sites excluding steroid dienone is 2. The van der Waals surface area contributed by atoms with Gasteiger partial charge in [-0.2, -0.15) is 0 Å². The molecule has 2 nitrogen and oxygen atoms in total. The quantitative estimate of drug-likeness (QED) is 0.633. The van der Waals surface area contributed by atoms with Crippen molar-refractivity contribution >= 4 is 7.12 Å². The van der Waals surface area contributed by atoms with Crippen molar-refractivity contribution in [3.8, 4) is 0 Å². The Labute approximate surface area is 99.5 Å². The normalized spacial score (nSPS) is 32.7. The molecule has 0 amide bonds. The summed E-state index contributed by atoms with van der Waals surface area (Å²) in [5, 5.41) is 0. The summed E-state index contributed by atoms with van der Waals surface area (Å²) in [4.78, 5) is 0. The maximum Gasteiger partial charge on any atom is 0.490 e. The van der Waals surface area contributed by atoms with E-state index >= 15 is 0 Å². The Morgan fingerprint density at radius 1 is 1.19 bits per heavy atom. The summed E-state index contributed by atoms with van der Waals surface area (Å²) in [5.74, 6) is 0.669. The number of rotatable bonds is 1. The second kappa shape index (κ2) is 3.88. The first-order valence-electron chi connectivity index (χ1n) is 6.38. The fraction of sp³-hybridized carbons (Fsp3) is 0.846. The maximum absolute atomic E-state index is 6.06. The lowest BCUT2D eigenvalue weighted by Gasteiger charge is -2.32. The van der Waals surface area contributed by atoms with Gasteiger partial charge in [0.2, 0.25) is 0 Å². The van der Waals surface area contributed by atoms with E-state index in [1.54, 1.807) is 0 Å². The molecule has 3 heteroatoms. The standard InChI is InChI=1S/C13H23BO2/c1-10-7-6-8-11(9-10)14-15-12(2,3)13(4,5)16-14/h9-10H,6-8H2,1-5H3. The first kappa shape index (κ1) is 12.2. The summed E-state index contributed by atoms with van der Waals surface area (Å²) in [6, 6.07) is 0. The molecule has 1 aliphatic heterocycles. The topological polar surface area (TPSA) is 18.5 Å². The zero-order valence-corrected chi connectivity index (χ0v) is 11.2. The molecule has 1 unspecified atom stereocenters. The van der Waals surface area contributed by atoms with Gasteiger partial charge < -0.3 is 9.31 Å². The highest BCUT2D eigenvalue weighted by atomic mass is 16.7. The maximum atomic E-state index is 6.06. The Morgan fingerprint density at radius 3 is 2.25 bits per heavy atom. The first-order valence-corrected chi connectivity index (χ1v) is 6.38. The average molecular weight is 222 g/mol. The lowest BCUT2D eigenvalue weighted by molar-refractivity contribution is 0.00578. The molecule has 2 aliphatic rings. The van der Waals surface area contributed by atoms with Gasteiger partial charge in [0.1, 0.15) is 0 Å². The molecule has 0 spiro atoms. The van der Waals surface area contributed by atoms with Crippen LogP contribution in [0.15, 0.2) is 11.5 Å². The summed E-state index contributed by atoms with van der Waals surface area (Å²) in [6.07, 6.45) is 6.02. The van der Waals surface area contributed by atoms with Crippen molar-refractivity contribution in [1.82, 2.24) is 0 Å². The van der Waals surface area contributed by atoms with Gasteiger partial charge in [-0.05, 0) is 58.3 Å². The van der Waals surface area contributed by atoms with E-state index in [2.05, 4.69) is 40.7 Å². The largest absolute Gasteiger partial charge is 0.490 e. The molecule has 0 aromatic carbocycles. The third kappa shape index (κ3) is 2.08. The van der Waals surface area contributed by atoms with Crippen molar-refractivity contribution in [2.24, 2.45) is 5.92 Å². The van der Waals surface area contributed by atoms with Crippen LogP contribution in [0.25, 0.3) is 0 Å². The van der Waals surface area contributed by atoms with Crippen molar-refractivity contribution in [2.45, 2.75) is 65.1 Å². The van der Waals surface area contributed by atoms with E-state index in [0.717, 1.165) is 6.42 Å². The molecule has 0 aromatic heterocycles. The van der Waals surface area contributed by atoms with E-state index in [1.807, 2.05) is 0 Å². The molecule has 1 atom stereocenters. The minimum atomic E-state index is -0.209. The smallest absolute Gasteiger partial charge is 0.400 e. The molecule has 0 saturated carbocycles. The van der Waals surface area contributed by atoms with Gasteiger partial charge in [0, 0.05) is 0 Å². The molecule has 90 valence electrons. The van der Waals surface area contributed by atoms with Gasteiger partial charge >= 0.3 is 7.12 Å². The summed E-state index contributed by atoms with van der Waals surface area (Å²) >= 11 is 0. The fourth-order valence-electron chi connectivity index (χ4n) is 2.35. The number of hydrogen-bond acceptors (Lipinski definition) is 2. The fourth-order valence-corrected chi connectivity index (χ4v) is 2.35. The molecule has 2 rings (SSSR count). The summed E-state index contributed by atoms with van der Waals surface area (Å²) in [6.45, 7) is 10.7. The predicted molar refractivity (Wildman–Crippen MR) is 67.2 cm³/mol. The number of hydrogen-bond donors (Lipinski definition) is 0. The monoisotopic (exact) mass is 222 g/mol. The van der Waals surface area contributed by atoms with Gasteiger partial charge in [-0.15, -0.1) is 0 Å². The van der Waals surface area contributed by atoms with Crippen LogP contribution < -0.4 is 0 Å². The highest BCUT2D eigenvalue weighted by molar-refractivity contribution is 6.54. The minimum absolute atomic E-state index is 0.118. The summed E-state index contributed by atoms with van der Waals surface area (Å²) < 4.78 is 12.1. The lowest BCUT2D eigenvalue weighted by atomic mass is 9.71. The zero-order chi connectivity index (χ0) is 12.0. The second-order valence-corrected chi connectivity index (χ2v) is 6.20. The molecule has 0 N–H and O–H groups in total. The molecule has 1 aliphatic carbocycles. The van der Waals surface area contributed by atoms with Crippen LogP contribution >= 0.6 is 0 Å². The SMILES string of the molecule is CC1C=C(B2OC(C)(C)C(C)(C)O2)CCC1. The molecule has 1 saturated heterocycles. The lowest BCUT2D eigenvalue weighted by Crippen LogP contribution is -2.41. The molecule has 1 heterocycles.